The molecule has 1 rings (SSSR count). The molecule has 0 aliphatic carbocycles. The summed E-state index contributed by atoms with van der Waals surface area (Å²) in [5.41, 5.74) is 0. The molecule has 2 heteroatoms. The fourth-order valence-electron chi connectivity index (χ4n) is 3.32. The summed E-state index contributed by atoms with van der Waals surface area (Å²) in [5, 5.41) is 2.20. The summed E-state index contributed by atoms with van der Waals surface area (Å²) in [4.78, 5) is 6.14. The fourth-order valence-corrected chi connectivity index (χ4v) is 3.32. The van der Waals surface area contributed by atoms with E-state index in [2.05, 4.69) is 43.2 Å². The SMILES string of the molecule is CCCCCCCCCN(CCCCCCCCC)Oc1ccccc1. The first-order valence-electron chi connectivity index (χ1n) is 11.3. The molecule has 0 unspecified atom stereocenters. The van der Waals surface area contributed by atoms with Gasteiger partial charge in [0.1, 0.15) is 5.75 Å². The highest BCUT2D eigenvalue weighted by Gasteiger charge is 2.07. The predicted octanol–water partition coefficient (Wildman–Crippen LogP) is 7.78. The Morgan fingerprint density at radius 3 is 1.46 bits per heavy atom. The van der Waals surface area contributed by atoms with E-state index in [4.69, 9.17) is 4.84 Å². The third-order valence-corrected chi connectivity index (χ3v) is 5.00. The van der Waals surface area contributed by atoms with E-state index in [1.165, 1.54) is 89.9 Å². The minimum atomic E-state index is 0.971. The topological polar surface area (TPSA) is 12.5 Å². The van der Waals surface area contributed by atoms with Crippen LogP contribution in [0.3, 0.4) is 0 Å². The van der Waals surface area contributed by atoms with Gasteiger partial charge in [0.25, 0.3) is 0 Å². The minimum Gasteiger partial charge on any atom is -0.406 e. The van der Waals surface area contributed by atoms with E-state index >= 15 is 0 Å². The first kappa shape index (κ1) is 23.0. The zero-order valence-electron chi connectivity index (χ0n) is 17.6. The van der Waals surface area contributed by atoms with E-state index in [1.54, 1.807) is 0 Å². The Morgan fingerprint density at radius 2 is 1.00 bits per heavy atom. The van der Waals surface area contributed by atoms with Crippen LogP contribution in [0.1, 0.15) is 104 Å². The molecule has 0 atom stereocenters. The van der Waals surface area contributed by atoms with Crippen LogP contribution in [0.25, 0.3) is 0 Å². The smallest absolute Gasteiger partial charge is 0.147 e. The largest absolute Gasteiger partial charge is 0.406 e. The van der Waals surface area contributed by atoms with Crippen LogP contribution in [0.15, 0.2) is 30.3 Å². The van der Waals surface area contributed by atoms with E-state index in [9.17, 15) is 0 Å². The Hall–Kier alpha value is -1.02. The average Bonchev–Trinajstić information content (AvgIpc) is 2.67. The van der Waals surface area contributed by atoms with E-state index in [1.807, 2.05) is 6.07 Å². The van der Waals surface area contributed by atoms with Gasteiger partial charge < -0.3 is 4.84 Å². The molecule has 0 bridgehead atoms. The van der Waals surface area contributed by atoms with Crippen molar-refractivity contribution >= 4 is 0 Å². The lowest BCUT2D eigenvalue weighted by Gasteiger charge is -2.22. The number of unbranched alkanes of at least 4 members (excludes halogenated alkanes) is 12. The van der Waals surface area contributed by atoms with Crippen LogP contribution in [0.4, 0.5) is 0 Å². The van der Waals surface area contributed by atoms with Crippen molar-refractivity contribution in [3.05, 3.63) is 30.3 Å². The molecule has 0 amide bonds. The van der Waals surface area contributed by atoms with Crippen LogP contribution in [0, 0.1) is 0 Å². The summed E-state index contributed by atoms with van der Waals surface area (Å²) in [6.07, 6.45) is 18.9. The molecule has 0 aliphatic heterocycles. The maximum absolute atomic E-state index is 6.14. The van der Waals surface area contributed by atoms with E-state index < -0.39 is 0 Å². The third-order valence-electron chi connectivity index (χ3n) is 5.00. The molecule has 150 valence electrons. The summed E-state index contributed by atoms with van der Waals surface area (Å²) < 4.78 is 0. The normalized spacial score (nSPS) is 11.2. The molecular weight excluding hydrogens is 318 g/mol. The van der Waals surface area contributed by atoms with Gasteiger partial charge in [-0.25, -0.2) is 0 Å². The van der Waals surface area contributed by atoms with Crippen LogP contribution in [0.5, 0.6) is 5.75 Å². The molecule has 0 aromatic heterocycles. The van der Waals surface area contributed by atoms with Crippen molar-refractivity contribution in [2.75, 3.05) is 13.1 Å². The van der Waals surface area contributed by atoms with E-state index in [0.29, 0.717) is 0 Å². The highest BCUT2D eigenvalue weighted by molar-refractivity contribution is 5.20. The summed E-state index contributed by atoms with van der Waals surface area (Å²) in [6, 6.07) is 10.3. The highest BCUT2D eigenvalue weighted by atomic mass is 16.7. The van der Waals surface area contributed by atoms with Gasteiger partial charge in [-0.3, -0.25) is 0 Å². The Balaban J connectivity index is 2.21. The number of nitrogens with zero attached hydrogens (tertiary/aromatic N) is 1. The summed E-state index contributed by atoms with van der Waals surface area (Å²) in [7, 11) is 0. The second kappa shape index (κ2) is 17.4. The second-order valence-corrected chi connectivity index (χ2v) is 7.58. The van der Waals surface area contributed by atoms with E-state index in [-0.39, 0.29) is 0 Å². The predicted molar refractivity (Wildman–Crippen MR) is 115 cm³/mol. The molecule has 26 heavy (non-hydrogen) atoms. The Kier molecular flexibility index (Phi) is 15.4. The quantitative estimate of drug-likeness (QED) is 0.195. The Morgan fingerprint density at radius 1 is 0.577 bits per heavy atom. The molecular formula is C24H43NO. The zero-order valence-corrected chi connectivity index (χ0v) is 17.6. The molecule has 0 fully saturated rings. The summed E-state index contributed by atoms with van der Waals surface area (Å²) in [6.45, 7) is 6.67. The zero-order chi connectivity index (χ0) is 18.7. The van der Waals surface area contributed by atoms with Crippen molar-refractivity contribution in [1.29, 1.82) is 0 Å². The van der Waals surface area contributed by atoms with Gasteiger partial charge in [-0.1, -0.05) is 109 Å². The maximum atomic E-state index is 6.14. The molecule has 0 radical (unpaired) electrons. The lowest BCUT2D eigenvalue weighted by Crippen LogP contribution is -2.29. The van der Waals surface area contributed by atoms with Gasteiger partial charge in [0.05, 0.1) is 0 Å². The van der Waals surface area contributed by atoms with Crippen molar-refractivity contribution in [2.45, 2.75) is 104 Å². The van der Waals surface area contributed by atoms with Gasteiger partial charge in [0, 0.05) is 13.1 Å². The van der Waals surface area contributed by atoms with Crippen LogP contribution in [0.2, 0.25) is 0 Å². The number of hydrogen-bond acceptors (Lipinski definition) is 2. The number of hydrogen-bond donors (Lipinski definition) is 0. The van der Waals surface area contributed by atoms with Crippen molar-refractivity contribution in [1.82, 2.24) is 5.06 Å². The number of hydroxylamine groups is 2. The van der Waals surface area contributed by atoms with Crippen molar-refractivity contribution in [3.63, 3.8) is 0 Å². The van der Waals surface area contributed by atoms with Gasteiger partial charge in [0.2, 0.25) is 0 Å². The molecule has 0 saturated heterocycles. The van der Waals surface area contributed by atoms with Crippen LogP contribution < -0.4 is 4.84 Å². The minimum absolute atomic E-state index is 0.971. The molecule has 2 nitrogen and oxygen atoms in total. The van der Waals surface area contributed by atoms with Crippen molar-refractivity contribution in [3.8, 4) is 5.75 Å². The number of benzene rings is 1. The number of para-hydroxylation sites is 1. The van der Waals surface area contributed by atoms with Crippen LogP contribution in [-0.4, -0.2) is 18.2 Å². The van der Waals surface area contributed by atoms with Gasteiger partial charge in [0.15, 0.2) is 0 Å². The molecule has 0 aliphatic rings. The summed E-state index contributed by atoms with van der Waals surface area (Å²) in [5.74, 6) is 0.971. The molecule has 0 heterocycles. The first-order valence-corrected chi connectivity index (χ1v) is 11.3. The molecule has 1 aromatic rings. The van der Waals surface area contributed by atoms with Crippen molar-refractivity contribution < 1.29 is 4.84 Å². The Bertz CT molecular complexity index is 374. The molecule has 0 spiro atoms. The Labute approximate surface area is 163 Å². The van der Waals surface area contributed by atoms with Crippen LogP contribution in [-0.2, 0) is 0 Å². The lowest BCUT2D eigenvalue weighted by atomic mass is 10.1. The monoisotopic (exact) mass is 361 g/mol. The highest BCUT2D eigenvalue weighted by Crippen LogP contribution is 2.14. The van der Waals surface area contributed by atoms with Gasteiger partial charge in [-0.15, -0.1) is 5.06 Å². The molecule has 0 saturated carbocycles. The maximum Gasteiger partial charge on any atom is 0.147 e. The lowest BCUT2D eigenvalue weighted by molar-refractivity contribution is -0.0607. The fraction of sp³-hybridized carbons (Fsp3) is 0.750. The van der Waals surface area contributed by atoms with Crippen molar-refractivity contribution in [2.24, 2.45) is 0 Å². The van der Waals surface area contributed by atoms with Gasteiger partial charge >= 0.3 is 0 Å². The average molecular weight is 362 g/mol. The number of rotatable bonds is 18. The summed E-state index contributed by atoms with van der Waals surface area (Å²) >= 11 is 0. The van der Waals surface area contributed by atoms with E-state index in [0.717, 1.165) is 18.8 Å². The molecule has 0 N–H and O–H groups in total. The van der Waals surface area contributed by atoms with Gasteiger partial charge in [-0.05, 0) is 25.0 Å². The molecule has 1 aromatic carbocycles. The second-order valence-electron chi connectivity index (χ2n) is 7.58. The standard InChI is InChI=1S/C24H43NO/c1-3-5-7-9-11-13-18-22-25(26-24-20-16-15-17-21-24)23-19-14-12-10-8-6-4-2/h15-17,20-21H,3-14,18-19,22-23H2,1-2H3. The van der Waals surface area contributed by atoms with Gasteiger partial charge in [-0.2, -0.15) is 0 Å². The third kappa shape index (κ3) is 13.2. The van der Waals surface area contributed by atoms with Crippen LogP contribution >= 0.6 is 0 Å². The first-order chi connectivity index (χ1) is 12.9.